The van der Waals surface area contributed by atoms with E-state index in [1.165, 1.54) is 5.39 Å². The second kappa shape index (κ2) is 5.54. The van der Waals surface area contributed by atoms with Crippen molar-refractivity contribution in [2.75, 3.05) is 5.32 Å². The van der Waals surface area contributed by atoms with Gasteiger partial charge in [-0.15, -0.1) is 0 Å². The van der Waals surface area contributed by atoms with E-state index in [1.54, 1.807) is 0 Å². The van der Waals surface area contributed by atoms with E-state index in [-0.39, 0.29) is 12.1 Å². The molecule has 2 rings (SSSR count). The molecule has 3 heteroatoms. The summed E-state index contributed by atoms with van der Waals surface area (Å²) in [6, 6.07) is 14.0. The summed E-state index contributed by atoms with van der Waals surface area (Å²) in [4.78, 5) is 11.7. The number of carbonyl (C=O) groups excluding carboxylic acids is 1. The fourth-order valence-corrected chi connectivity index (χ4v) is 1.76. The van der Waals surface area contributed by atoms with Crippen LogP contribution in [-0.4, -0.2) is 12.1 Å². The summed E-state index contributed by atoms with van der Waals surface area (Å²) in [5.41, 5.74) is 0.814. The summed E-state index contributed by atoms with van der Waals surface area (Å²) >= 11 is 0. The van der Waals surface area contributed by atoms with Gasteiger partial charge < -0.3 is 10.6 Å². The summed E-state index contributed by atoms with van der Waals surface area (Å²) < 4.78 is 0. The van der Waals surface area contributed by atoms with Gasteiger partial charge in [0.05, 0.1) is 0 Å². The van der Waals surface area contributed by atoms with Crippen LogP contribution >= 0.6 is 0 Å². The Morgan fingerprint density at radius 3 is 2.61 bits per heavy atom. The van der Waals surface area contributed by atoms with Crippen LogP contribution in [0.2, 0.25) is 0 Å². The van der Waals surface area contributed by atoms with Crippen LogP contribution in [-0.2, 0) is 0 Å². The highest BCUT2D eigenvalue weighted by Crippen LogP contribution is 2.18. The van der Waals surface area contributed by atoms with Crippen LogP contribution in [0.25, 0.3) is 10.8 Å². The quantitative estimate of drug-likeness (QED) is 0.845. The van der Waals surface area contributed by atoms with Crippen molar-refractivity contribution in [1.82, 2.24) is 5.32 Å². The van der Waals surface area contributed by atoms with Crippen molar-refractivity contribution in [3.8, 4) is 0 Å². The molecule has 94 valence electrons. The van der Waals surface area contributed by atoms with E-state index >= 15 is 0 Å². The second-order valence-corrected chi connectivity index (χ2v) is 4.47. The molecule has 2 amide bonds. The molecule has 1 atom stereocenters. The Labute approximate surface area is 107 Å². The second-order valence-electron chi connectivity index (χ2n) is 4.47. The van der Waals surface area contributed by atoms with Gasteiger partial charge in [0, 0.05) is 11.7 Å². The molecule has 0 aliphatic heterocycles. The first-order valence-corrected chi connectivity index (χ1v) is 6.25. The molecule has 0 aliphatic carbocycles. The molecule has 2 aromatic carbocycles. The van der Waals surface area contributed by atoms with Crippen molar-refractivity contribution < 1.29 is 4.79 Å². The minimum atomic E-state index is -0.153. The van der Waals surface area contributed by atoms with Crippen LogP contribution in [0, 0.1) is 0 Å². The van der Waals surface area contributed by atoms with E-state index in [1.807, 2.05) is 50.2 Å². The Morgan fingerprint density at radius 2 is 1.89 bits per heavy atom. The summed E-state index contributed by atoms with van der Waals surface area (Å²) in [6.07, 6.45) is 0.922. The summed E-state index contributed by atoms with van der Waals surface area (Å²) in [5, 5.41) is 8.02. The molecule has 0 bridgehead atoms. The molecule has 0 aliphatic rings. The molecule has 0 spiro atoms. The number of fused-ring (bicyclic) bond motifs is 1. The zero-order valence-corrected chi connectivity index (χ0v) is 10.7. The Balaban J connectivity index is 2.10. The van der Waals surface area contributed by atoms with Crippen LogP contribution in [0.4, 0.5) is 10.5 Å². The first kappa shape index (κ1) is 12.4. The maximum absolute atomic E-state index is 11.7. The lowest BCUT2D eigenvalue weighted by molar-refractivity contribution is 0.249. The van der Waals surface area contributed by atoms with Crippen LogP contribution in [0.3, 0.4) is 0 Å². The zero-order valence-electron chi connectivity index (χ0n) is 10.7. The molecular weight excluding hydrogens is 224 g/mol. The van der Waals surface area contributed by atoms with Crippen molar-refractivity contribution in [3.63, 3.8) is 0 Å². The predicted molar refractivity (Wildman–Crippen MR) is 75.9 cm³/mol. The lowest BCUT2D eigenvalue weighted by Crippen LogP contribution is -2.35. The van der Waals surface area contributed by atoms with Gasteiger partial charge >= 0.3 is 6.03 Å². The van der Waals surface area contributed by atoms with E-state index in [0.29, 0.717) is 0 Å². The minimum absolute atomic E-state index is 0.153. The van der Waals surface area contributed by atoms with Gasteiger partial charge in [-0.3, -0.25) is 0 Å². The van der Waals surface area contributed by atoms with Crippen LogP contribution in [0.15, 0.2) is 42.5 Å². The average molecular weight is 242 g/mol. The lowest BCUT2D eigenvalue weighted by atomic mass is 10.1. The van der Waals surface area contributed by atoms with Crippen molar-refractivity contribution in [1.29, 1.82) is 0 Å². The van der Waals surface area contributed by atoms with E-state index in [2.05, 4.69) is 16.7 Å². The largest absolute Gasteiger partial charge is 0.335 e. The third-order valence-electron chi connectivity index (χ3n) is 3.00. The Hall–Kier alpha value is -2.03. The predicted octanol–water partition coefficient (Wildman–Crippen LogP) is 3.76. The molecule has 2 N–H and O–H groups in total. The number of rotatable bonds is 3. The fourth-order valence-electron chi connectivity index (χ4n) is 1.76. The molecule has 0 fully saturated rings. The van der Waals surface area contributed by atoms with E-state index in [0.717, 1.165) is 17.5 Å². The SMILES string of the molecule is CCC(C)NC(=O)Nc1ccc2ccccc2c1. The third kappa shape index (κ3) is 3.00. The molecule has 1 unspecified atom stereocenters. The van der Waals surface area contributed by atoms with Crippen molar-refractivity contribution in [3.05, 3.63) is 42.5 Å². The third-order valence-corrected chi connectivity index (χ3v) is 3.00. The molecule has 18 heavy (non-hydrogen) atoms. The number of amides is 2. The number of carbonyl (C=O) groups is 1. The monoisotopic (exact) mass is 242 g/mol. The Kier molecular flexibility index (Phi) is 3.82. The maximum atomic E-state index is 11.7. The molecule has 0 aromatic heterocycles. The summed E-state index contributed by atoms with van der Waals surface area (Å²) in [7, 11) is 0. The van der Waals surface area contributed by atoms with Gasteiger partial charge in [-0.25, -0.2) is 4.79 Å². The molecule has 0 heterocycles. The summed E-state index contributed by atoms with van der Waals surface area (Å²) in [6.45, 7) is 4.03. The Bertz CT molecular complexity index is 551. The van der Waals surface area contributed by atoms with Crippen LogP contribution < -0.4 is 10.6 Å². The topological polar surface area (TPSA) is 41.1 Å². The highest BCUT2D eigenvalue weighted by atomic mass is 16.2. The molecule has 0 saturated carbocycles. The van der Waals surface area contributed by atoms with E-state index in [4.69, 9.17) is 0 Å². The van der Waals surface area contributed by atoms with Crippen molar-refractivity contribution in [2.24, 2.45) is 0 Å². The van der Waals surface area contributed by atoms with Crippen LogP contribution in [0.5, 0.6) is 0 Å². The van der Waals surface area contributed by atoms with E-state index in [9.17, 15) is 4.79 Å². The van der Waals surface area contributed by atoms with Gasteiger partial charge in [0.25, 0.3) is 0 Å². The van der Waals surface area contributed by atoms with Crippen LogP contribution in [0.1, 0.15) is 20.3 Å². The number of nitrogens with one attached hydrogen (secondary N) is 2. The normalized spacial score (nSPS) is 12.1. The van der Waals surface area contributed by atoms with Crippen molar-refractivity contribution in [2.45, 2.75) is 26.3 Å². The first-order valence-electron chi connectivity index (χ1n) is 6.25. The lowest BCUT2D eigenvalue weighted by Gasteiger charge is -2.12. The molecule has 2 aromatic rings. The van der Waals surface area contributed by atoms with E-state index < -0.39 is 0 Å². The number of hydrogen-bond donors (Lipinski definition) is 2. The molecule has 0 radical (unpaired) electrons. The fraction of sp³-hybridized carbons (Fsp3) is 0.267. The number of urea groups is 1. The average Bonchev–Trinajstić information content (AvgIpc) is 2.38. The van der Waals surface area contributed by atoms with Gasteiger partial charge in [-0.2, -0.15) is 0 Å². The smallest absolute Gasteiger partial charge is 0.319 e. The highest BCUT2D eigenvalue weighted by Gasteiger charge is 2.05. The maximum Gasteiger partial charge on any atom is 0.319 e. The number of hydrogen-bond acceptors (Lipinski definition) is 1. The molecular formula is C15H18N2O. The number of benzene rings is 2. The molecule has 0 saturated heterocycles. The Morgan fingerprint density at radius 1 is 1.17 bits per heavy atom. The summed E-state index contributed by atoms with van der Waals surface area (Å²) in [5.74, 6) is 0. The van der Waals surface area contributed by atoms with Gasteiger partial charge in [0.1, 0.15) is 0 Å². The van der Waals surface area contributed by atoms with Gasteiger partial charge in [0.2, 0.25) is 0 Å². The first-order chi connectivity index (χ1) is 8.69. The number of anilines is 1. The van der Waals surface area contributed by atoms with Crippen molar-refractivity contribution >= 4 is 22.5 Å². The minimum Gasteiger partial charge on any atom is -0.335 e. The van der Waals surface area contributed by atoms with Gasteiger partial charge in [-0.1, -0.05) is 37.3 Å². The van der Waals surface area contributed by atoms with Gasteiger partial charge in [-0.05, 0) is 36.2 Å². The highest BCUT2D eigenvalue weighted by molar-refractivity contribution is 5.93. The zero-order chi connectivity index (χ0) is 13.0. The molecule has 3 nitrogen and oxygen atoms in total. The van der Waals surface area contributed by atoms with Gasteiger partial charge in [0.15, 0.2) is 0 Å². The standard InChI is InChI=1S/C15H18N2O/c1-3-11(2)16-15(18)17-14-9-8-12-6-4-5-7-13(12)10-14/h4-11H,3H2,1-2H3,(H2,16,17,18).